The molecular weight excluding hydrogens is 324 g/mol. The van der Waals surface area contributed by atoms with Gasteiger partial charge in [-0.2, -0.15) is 0 Å². The number of hydrogen-bond acceptors (Lipinski definition) is 3. The maximum absolute atomic E-state index is 13.5. The monoisotopic (exact) mass is 352 g/mol. The molecule has 0 N–H and O–H groups in total. The molecule has 3 aliphatic rings. The van der Waals surface area contributed by atoms with E-state index >= 15 is 0 Å². The molecule has 2 aromatic heterocycles. The van der Waals surface area contributed by atoms with Gasteiger partial charge >= 0.3 is 0 Å². The summed E-state index contributed by atoms with van der Waals surface area (Å²) in [7, 11) is 2.27. The summed E-state index contributed by atoms with van der Waals surface area (Å²) in [5.74, 6) is 0.116. The number of carbonyl (C=O) groups excluding carboxylic acids is 1. The molecular formula is C21H28N4O. The minimum absolute atomic E-state index is 0.116. The number of carbonyl (C=O) groups is 1. The maximum Gasteiger partial charge on any atom is 0.274 e. The molecule has 5 heteroatoms. The van der Waals surface area contributed by atoms with E-state index in [1.807, 2.05) is 22.7 Å². The van der Waals surface area contributed by atoms with Crippen LogP contribution < -0.4 is 0 Å². The van der Waals surface area contributed by atoms with Crippen molar-refractivity contribution in [2.75, 3.05) is 13.6 Å². The fourth-order valence-corrected chi connectivity index (χ4v) is 6.09. The van der Waals surface area contributed by atoms with Gasteiger partial charge in [0, 0.05) is 42.0 Å². The Morgan fingerprint density at radius 3 is 2.77 bits per heavy atom. The zero-order valence-electron chi connectivity index (χ0n) is 16.0. The van der Waals surface area contributed by atoms with Gasteiger partial charge in [-0.15, -0.1) is 0 Å². The molecule has 0 spiro atoms. The molecule has 0 aromatic carbocycles. The van der Waals surface area contributed by atoms with E-state index in [1.165, 1.54) is 25.7 Å². The van der Waals surface area contributed by atoms with Gasteiger partial charge in [0.05, 0.1) is 0 Å². The number of amides is 1. The van der Waals surface area contributed by atoms with Crippen molar-refractivity contribution < 1.29 is 4.79 Å². The van der Waals surface area contributed by atoms with Crippen LogP contribution in [0.2, 0.25) is 0 Å². The molecule has 4 heterocycles. The first kappa shape index (κ1) is 16.3. The summed E-state index contributed by atoms with van der Waals surface area (Å²) >= 11 is 0. The standard InChI is InChI=1S/C21H28N4O/c1-14-7-6-10-19-22-16(13-24(14)19)20(26)25-12-15-11-21(2)17(23(15)3)8-4-5-9-18(21)25/h6-7,10,13,15,17-18H,4-5,8-9,11-12H2,1-3H3/t15-,17-,18+,21-/m0/s1. The van der Waals surface area contributed by atoms with Crippen LogP contribution in [0.15, 0.2) is 24.4 Å². The topological polar surface area (TPSA) is 40.9 Å². The van der Waals surface area contributed by atoms with Crippen LogP contribution in [0.1, 0.15) is 55.2 Å². The van der Waals surface area contributed by atoms with Gasteiger partial charge in [0.1, 0.15) is 11.3 Å². The Kier molecular flexibility index (Phi) is 3.48. The second kappa shape index (κ2) is 5.56. The molecule has 2 aromatic rings. The van der Waals surface area contributed by atoms with Crippen molar-refractivity contribution in [3.63, 3.8) is 0 Å². The number of rotatable bonds is 1. The number of piperidine rings is 1. The van der Waals surface area contributed by atoms with E-state index < -0.39 is 0 Å². The van der Waals surface area contributed by atoms with Gasteiger partial charge < -0.3 is 9.30 Å². The molecule has 138 valence electrons. The van der Waals surface area contributed by atoms with Crippen LogP contribution in [-0.4, -0.2) is 56.8 Å². The molecule has 1 aliphatic carbocycles. The van der Waals surface area contributed by atoms with Crippen LogP contribution in [0.25, 0.3) is 5.65 Å². The van der Waals surface area contributed by atoms with Gasteiger partial charge in [-0.25, -0.2) is 4.98 Å². The molecule has 26 heavy (non-hydrogen) atoms. The number of aryl methyl sites for hydroxylation is 1. The lowest BCUT2D eigenvalue weighted by Gasteiger charge is -2.46. The molecule has 5 nitrogen and oxygen atoms in total. The summed E-state index contributed by atoms with van der Waals surface area (Å²) in [6.07, 6.45) is 8.06. The molecule has 0 unspecified atom stereocenters. The lowest BCUT2D eigenvalue weighted by atomic mass is 9.71. The third kappa shape index (κ3) is 2.13. The predicted octanol–water partition coefficient (Wildman–Crippen LogP) is 3.12. The molecule has 5 rings (SSSR count). The number of fused-ring (bicyclic) bond motifs is 2. The van der Waals surface area contributed by atoms with E-state index in [0.29, 0.717) is 23.8 Å². The van der Waals surface area contributed by atoms with E-state index in [-0.39, 0.29) is 11.3 Å². The van der Waals surface area contributed by atoms with E-state index in [1.54, 1.807) is 0 Å². The van der Waals surface area contributed by atoms with E-state index in [9.17, 15) is 4.79 Å². The summed E-state index contributed by atoms with van der Waals surface area (Å²) < 4.78 is 2.02. The van der Waals surface area contributed by atoms with Gasteiger partial charge in [0.15, 0.2) is 0 Å². The number of likely N-dealkylation sites (tertiary alicyclic amines) is 2. The number of nitrogens with zero attached hydrogens (tertiary/aromatic N) is 4. The van der Waals surface area contributed by atoms with Gasteiger partial charge in [0.25, 0.3) is 5.91 Å². The molecule has 3 fully saturated rings. The van der Waals surface area contributed by atoms with Crippen LogP contribution in [-0.2, 0) is 0 Å². The Hall–Kier alpha value is -1.88. The maximum atomic E-state index is 13.5. The third-order valence-electron chi connectivity index (χ3n) is 7.43. The SMILES string of the molecule is Cc1cccc2nc(C(=O)N3C[C@@H]4C[C@@]5(C)[C@H](CCCC[C@@H]35)N4C)cn12. The Morgan fingerprint density at radius 2 is 2.00 bits per heavy atom. The second-order valence-electron chi connectivity index (χ2n) is 8.82. The Labute approximate surface area is 155 Å². The molecule has 2 aliphatic heterocycles. The molecule has 0 radical (unpaired) electrons. The molecule has 2 bridgehead atoms. The van der Waals surface area contributed by atoms with Crippen LogP contribution in [0.3, 0.4) is 0 Å². The fraction of sp³-hybridized carbons (Fsp3) is 0.619. The Balaban J connectivity index is 1.54. The zero-order valence-corrected chi connectivity index (χ0v) is 16.0. The van der Waals surface area contributed by atoms with Crippen LogP contribution in [0, 0.1) is 12.3 Å². The minimum atomic E-state index is 0.116. The first-order chi connectivity index (χ1) is 12.5. The van der Waals surface area contributed by atoms with E-state index in [0.717, 1.165) is 24.3 Å². The van der Waals surface area contributed by atoms with Crippen LogP contribution >= 0.6 is 0 Å². The van der Waals surface area contributed by atoms with Crippen molar-refractivity contribution in [3.8, 4) is 0 Å². The first-order valence-electron chi connectivity index (χ1n) is 9.96. The average molecular weight is 352 g/mol. The lowest BCUT2D eigenvalue weighted by molar-refractivity contribution is 0.0279. The minimum Gasteiger partial charge on any atom is -0.332 e. The number of pyridine rings is 1. The summed E-state index contributed by atoms with van der Waals surface area (Å²) in [5.41, 5.74) is 2.77. The highest BCUT2D eigenvalue weighted by Gasteiger charge is 2.58. The fourth-order valence-electron chi connectivity index (χ4n) is 6.09. The van der Waals surface area contributed by atoms with E-state index in [2.05, 4.69) is 41.7 Å². The Morgan fingerprint density at radius 1 is 1.23 bits per heavy atom. The lowest BCUT2D eigenvalue weighted by Crippen LogP contribution is -2.55. The number of likely N-dealkylation sites (N-methyl/N-ethyl adjacent to an activating group) is 1. The van der Waals surface area contributed by atoms with Gasteiger partial charge in [-0.3, -0.25) is 9.69 Å². The molecule has 4 atom stereocenters. The predicted molar refractivity (Wildman–Crippen MR) is 101 cm³/mol. The highest BCUT2D eigenvalue weighted by Crippen LogP contribution is 2.52. The smallest absolute Gasteiger partial charge is 0.274 e. The quantitative estimate of drug-likeness (QED) is 0.792. The first-order valence-corrected chi connectivity index (χ1v) is 9.96. The van der Waals surface area contributed by atoms with Crippen molar-refractivity contribution in [1.82, 2.24) is 19.2 Å². The average Bonchev–Trinajstić information content (AvgIpc) is 3.07. The van der Waals surface area contributed by atoms with Gasteiger partial charge in [-0.05, 0) is 45.4 Å². The molecule has 1 amide bonds. The number of imidazole rings is 1. The van der Waals surface area contributed by atoms with Crippen molar-refractivity contribution in [3.05, 3.63) is 35.8 Å². The molecule has 2 saturated heterocycles. The normalized spacial score (nSPS) is 34.3. The van der Waals surface area contributed by atoms with E-state index in [4.69, 9.17) is 0 Å². The summed E-state index contributed by atoms with van der Waals surface area (Å²) in [6, 6.07) is 7.47. The summed E-state index contributed by atoms with van der Waals surface area (Å²) in [6.45, 7) is 5.33. The van der Waals surface area contributed by atoms with Crippen LogP contribution in [0.5, 0.6) is 0 Å². The summed E-state index contributed by atoms with van der Waals surface area (Å²) in [5, 5.41) is 0. The number of hydrogen-bond donors (Lipinski definition) is 0. The Bertz CT molecular complexity index is 874. The zero-order chi connectivity index (χ0) is 18.1. The van der Waals surface area contributed by atoms with Crippen molar-refractivity contribution in [1.29, 1.82) is 0 Å². The highest BCUT2D eigenvalue weighted by atomic mass is 16.2. The third-order valence-corrected chi connectivity index (χ3v) is 7.43. The highest BCUT2D eigenvalue weighted by molar-refractivity contribution is 5.93. The molecule has 1 saturated carbocycles. The summed E-state index contributed by atoms with van der Waals surface area (Å²) in [4.78, 5) is 22.9. The second-order valence-corrected chi connectivity index (χ2v) is 8.82. The number of aromatic nitrogens is 2. The largest absolute Gasteiger partial charge is 0.332 e. The van der Waals surface area contributed by atoms with Gasteiger partial charge in [0.2, 0.25) is 0 Å². The van der Waals surface area contributed by atoms with Crippen LogP contribution in [0.4, 0.5) is 0 Å². The van der Waals surface area contributed by atoms with Gasteiger partial charge in [-0.1, -0.05) is 25.8 Å². The van der Waals surface area contributed by atoms with Crippen molar-refractivity contribution in [2.24, 2.45) is 5.41 Å². The van der Waals surface area contributed by atoms with Crippen molar-refractivity contribution >= 4 is 11.6 Å². The van der Waals surface area contributed by atoms with Crippen molar-refractivity contribution in [2.45, 2.75) is 64.1 Å².